The number of carbonyl (C=O) groups excluding carboxylic acids is 2. The first-order valence-electron chi connectivity index (χ1n) is 6.64. The molecule has 0 fully saturated rings. The monoisotopic (exact) mass is 380 g/mol. The molecule has 0 atom stereocenters. The van der Waals surface area contributed by atoms with Crippen LogP contribution < -0.4 is 10.6 Å². The van der Waals surface area contributed by atoms with Crippen LogP contribution in [0.25, 0.3) is 0 Å². The maximum atomic E-state index is 11.9. The fraction of sp³-hybridized carbons (Fsp3) is 0.125. The molecule has 2 aromatic carbocycles. The van der Waals surface area contributed by atoms with E-state index in [-0.39, 0.29) is 11.8 Å². The predicted molar refractivity (Wildman–Crippen MR) is 90.3 cm³/mol. The normalized spacial score (nSPS) is 10.1. The Morgan fingerprint density at radius 3 is 2.00 bits per heavy atom. The lowest BCUT2D eigenvalue weighted by Gasteiger charge is -2.07. The van der Waals surface area contributed by atoms with Crippen molar-refractivity contribution in [2.75, 3.05) is 13.1 Å². The van der Waals surface area contributed by atoms with Crippen LogP contribution in [0.1, 0.15) is 20.7 Å². The molecule has 6 heteroatoms. The smallest absolute Gasteiger partial charge is 0.251 e. The largest absolute Gasteiger partial charge is 0.350 e. The maximum absolute atomic E-state index is 11.9. The number of amides is 2. The zero-order chi connectivity index (χ0) is 15.9. The number of nitrogens with one attached hydrogen (secondary N) is 2. The van der Waals surface area contributed by atoms with Gasteiger partial charge in [-0.25, -0.2) is 0 Å². The third-order valence-electron chi connectivity index (χ3n) is 2.87. The van der Waals surface area contributed by atoms with E-state index in [1.165, 1.54) is 0 Å². The molecule has 0 saturated carbocycles. The fourth-order valence-electron chi connectivity index (χ4n) is 1.82. The number of benzene rings is 2. The van der Waals surface area contributed by atoms with Gasteiger partial charge in [-0.15, -0.1) is 0 Å². The molecular formula is C16H14BrClN2O2. The molecule has 0 aliphatic heterocycles. The minimum absolute atomic E-state index is 0.182. The van der Waals surface area contributed by atoms with Gasteiger partial charge in [-0.2, -0.15) is 0 Å². The van der Waals surface area contributed by atoms with Crippen molar-refractivity contribution in [3.63, 3.8) is 0 Å². The maximum Gasteiger partial charge on any atom is 0.251 e. The van der Waals surface area contributed by atoms with Crippen LogP contribution in [0.4, 0.5) is 0 Å². The van der Waals surface area contributed by atoms with E-state index in [1.54, 1.807) is 42.5 Å². The van der Waals surface area contributed by atoms with Gasteiger partial charge in [-0.1, -0.05) is 39.7 Å². The molecule has 0 aliphatic rings. The molecule has 2 aromatic rings. The first-order valence-corrected chi connectivity index (χ1v) is 7.81. The first kappa shape index (κ1) is 16.5. The Hall–Kier alpha value is -1.85. The Bertz CT molecular complexity index is 632. The molecule has 0 bridgehead atoms. The van der Waals surface area contributed by atoms with Crippen LogP contribution in [0.5, 0.6) is 0 Å². The van der Waals surface area contributed by atoms with Crippen molar-refractivity contribution in [2.24, 2.45) is 0 Å². The van der Waals surface area contributed by atoms with Gasteiger partial charge in [0.2, 0.25) is 0 Å². The highest BCUT2D eigenvalue weighted by atomic mass is 79.9. The third-order valence-corrected chi connectivity index (χ3v) is 3.60. The van der Waals surface area contributed by atoms with Crippen LogP contribution in [0.15, 0.2) is 53.0 Å². The Morgan fingerprint density at radius 2 is 1.45 bits per heavy atom. The quantitative estimate of drug-likeness (QED) is 0.781. The van der Waals surface area contributed by atoms with E-state index in [2.05, 4.69) is 26.6 Å². The van der Waals surface area contributed by atoms with Crippen LogP contribution >= 0.6 is 27.5 Å². The van der Waals surface area contributed by atoms with E-state index in [4.69, 9.17) is 11.6 Å². The van der Waals surface area contributed by atoms with Crippen LogP contribution in [0.2, 0.25) is 5.02 Å². The number of hydrogen-bond acceptors (Lipinski definition) is 2. The van der Waals surface area contributed by atoms with Gasteiger partial charge < -0.3 is 10.6 Å². The molecule has 0 spiro atoms. The lowest BCUT2D eigenvalue weighted by molar-refractivity contribution is 0.0927. The third kappa shape index (κ3) is 4.86. The van der Waals surface area contributed by atoms with E-state index in [0.717, 1.165) is 4.47 Å². The molecule has 114 valence electrons. The van der Waals surface area contributed by atoms with Gasteiger partial charge in [-0.3, -0.25) is 9.59 Å². The second-order valence-electron chi connectivity index (χ2n) is 4.53. The zero-order valence-corrected chi connectivity index (χ0v) is 13.9. The van der Waals surface area contributed by atoms with Gasteiger partial charge in [0, 0.05) is 33.7 Å². The molecule has 4 nitrogen and oxygen atoms in total. The van der Waals surface area contributed by atoms with Crippen molar-refractivity contribution in [3.8, 4) is 0 Å². The van der Waals surface area contributed by atoms with Crippen LogP contribution in [-0.2, 0) is 0 Å². The molecule has 2 rings (SSSR count). The van der Waals surface area contributed by atoms with Gasteiger partial charge in [0.25, 0.3) is 11.8 Å². The predicted octanol–water partition coefficient (Wildman–Crippen LogP) is 3.26. The second kappa shape index (κ2) is 7.96. The summed E-state index contributed by atoms with van der Waals surface area (Å²) < 4.78 is 0.842. The summed E-state index contributed by atoms with van der Waals surface area (Å²) in [6.07, 6.45) is 0. The minimum Gasteiger partial charge on any atom is -0.350 e. The van der Waals surface area contributed by atoms with E-state index < -0.39 is 0 Å². The summed E-state index contributed by atoms with van der Waals surface area (Å²) >= 11 is 9.15. The average Bonchev–Trinajstić information content (AvgIpc) is 2.51. The molecule has 2 amide bonds. The van der Waals surface area contributed by atoms with Gasteiger partial charge in [0.15, 0.2) is 0 Å². The number of hydrogen-bond donors (Lipinski definition) is 2. The minimum atomic E-state index is -0.223. The summed E-state index contributed by atoms with van der Waals surface area (Å²) in [5.41, 5.74) is 1.06. The van der Waals surface area contributed by atoms with Crippen LogP contribution in [-0.4, -0.2) is 24.9 Å². The highest BCUT2D eigenvalue weighted by Gasteiger charge is 2.07. The molecule has 0 saturated heterocycles. The highest BCUT2D eigenvalue weighted by Crippen LogP contribution is 2.11. The van der Waals surface area contributed by atoms with Crippen LogP contribution in [0.3, 0.4) is 0 Å². The molecule has 0 unspecified atom stereocenters. The summed E-state index contributed by atoms with van der Waals surface area (Å²) in [4.78, 5) is 23.8. The Morgan fingerprint density at radius 1 is 0.909 bits per heavy atom. The average molecular weight is 382 g/mol. The van der Waals surface area contributed by atoms with Crippen LogP contribution in [0, 0.1) is 0 Å². The fourth-order valence-corrected chi connectivity index (χ4v) is 2.41. The molecule has 0 radical (unpaired) electrons. The molecule has 22 heavy (non-hydrogen) atoms. The van der Waals surface area contributed by atoms with Crippen molar-refractivity contribution in [1.29, 1.82) is 0 Å². The Balaban J connectivity index is 1.77. The Kier molecular flexibility index (Phi) is 5.98. The highest BCUT2D eigenvalue weighted by molar-refractivity contribution is 9.10. The molecule has 2 N–H and O–H groups in total. The molecule has 0 heterocycles. The molecular weight excluding hydrogens is 368 g/mol. The summed E-state index contributed by atoms with van der Waals surface area (Å²) in [6.45, 7) is 0.683. The summed E-state index contributed by atoms with van der Waals surface area (Å²) in [5.74, 6) is -0.405. The first-order chi connectivity index (χ1) is 10.6. The van der Waals surface area contributed by atoms with Gasteiger partial charge in [0.1, 0.15) is 0 Å². The summed E-state index contributed by atoms with van der Waals surface area (Å²) in [6, 6.07) is 13.8. The summed E-state index contributed by atoms with van der Waals surface area (Å²) in [7, 11) is 0. The topological polar surface area (TPSA) is 58.2 Å². The van der Waals surface area contributed by atoms with E-state index in [0.29, 0.717) is 29.2 Å². The van der Waals surface area contributed by atoms with E-state index in [9.17, 15) is 9.59 Å². The van der Waals surface area contributed by atoms with Crippen molar-refractivity contribution >= 4 is 39.3 Å². The number of carbonyl (C=O) groups is 2. The van der Waals surface area contributed by atoms with Crippen molar-refractivity contribution < 1.29 is 9.59 Å². The van der Waals surface area contributed by atoms with Crippen molar-refractivity contribution in [3.05, 3.63) is 69.2 Å². The van der Waals surface area contributed by atoms with Gasteiger partial charge in [-0.05, 0) is 36.4 Å². The van der Waals surface area contributed by atoms with Crippen molar-refractivity contribution in [2.45, 2.75) is 0 Å². The standard InChI is InChI=1S/C16H14BrClN2O2/c17-13-5-1-3-11(9-13)15(21)19-7-8-20-16(22)12-4-2-6-14(18)10-12/h1-6,9-10H,7-8H2,(H,19,21)(H,20,22). The Labute approximate surface area is 142 Å². The zero-order valence-electron chi connectivity index (χ0n) is 11.6. The molecule has 0 aliphatic carbocycles. The number of halogens is 2. The van der Waals surface area contributed by atoms with Gasteiger partial charge >= 0.3 is 0 Å². The van der Waals surface area contributed by atoms with E-state index >= 15 is 0 Å². The lowest BCUT2D eigenvalue weighted by atomic mass is 10.2. The SMILES string of the molecule is O=C(NCCNC(=O)c1cccc(Br)c1)c1cccc(Cl)c1. The summed E-state index contributed by atoms with van der Waals surface area (Å²) in [5, 5.41) is 5.98. The lowest BCUT2D eigenvalue weighted by Crippen LogP contribution is -2.34. The number of rotatable bonds is 5. The van der Waals surface area contributed by atoms with Crippen molar-refractivity contribution in [1.82, 2.24) is 10.6 Å². The molecule has 0 aromatic heterocycles. The van der Waals surface area contributed by atoms with Gasteiger partial charge in [0.05, 0.1) is 0 Å². The second-order valence-corrected chi connectivity index (χ2v) is 5.88. The van der Waals surface area contributed by atoms with E-state index in [1.807, 2.05) is 6.07 Å².